The van der Waals surface area contributed by atoms with Gasteiger partial charge in [0.1, 0.15) is 5.75 Å². The highest BCUT2D eigenvalue weighted by molar-refractivity contribution is 6.30. The number of rotatable bonds is 5. The van der Waals surface area contributed by atoms with Crippen LogP contribution in [-0.4, -0.2) is 42.4 Å². The fraction of sp³-hybridized carbons (Fsp3) is 0.647. The number of aliphatic hydroxyl groups is 1. The molecule has 1 N–H and O–H groups in total. The zero-order valence-electron chi connectivity index (χ0n) is 13.1. The van der Waals surface area contributed by atoms with E-state index in [-0.39, 0.29) is 0 Å². The minimum atomic E-state index is -0.652. The van der Waals surface area contributed by atoms with E-state index in [2.05, 4.69) is 11.8 Å². The first-order valence-electron chi connectivity index (χ1n) is 7.83. The number of likely N-dealkylation sites (tertiary alicyclic amines) is 1. The standard InChI is InChI=1S/C17H26ClNO2/c1-3-9-19-10-4-7-17(20,8-11-19)13-14-12-15(18)5-6-16(14)21-2/h5-6,12,20H,3-4,7-11,13H2,1-2H3. The maximum atomic E-state index is 11.0. The Balaban J connectivity index is 2.09. The second-order valence-electron chi connectivity index (χ2n) is 6.05. The lowest BCUT2D eigenvalue weighted by Gasteiger charge is -2.28. The normalized spacial score (nSPS) is 23.8. The number of halogens is 1. The van der Waals surface area contributed by atoms with Gasteiger partial charge in [0.2, 0.25) is 0 Å². The first kappa shape index (κ1) is 16.6. The van der Waals surface area contributed by atoms with Gasteiger partial charge in [-0.05, 0) is 62.5 Å². The van der Waals surface area contributed by atoms with E-state index in [9.17, 15) is 5.11 Å². The lowest BCUT2D eigenvalue weighted by atomic mass is 9.87. The van der Waals surface area contributed by atoms with Gasteiger partial charge in [-0.25, -0.2) is 0 Å². The van der Waals surface area contributed by atoms with Crippen molar-refractivity contribution in [2.24, 2.45) is 0 Å². The first-order valence-corrected chi connectivity index (χ1v) is 8.21. The summed E-state index contributed by atoms with van der Waals surface area (Å²) in [7, 11) is 1.66. The highest BCUT2D eigenvalue weighted by atomic mass is 35.5. The molecule has 1 aromatic carbocycles. The summed E-state index contributed by atoms with van der Waals surface area (Å²) in [5.74, 6) is 0.808. The molecule has 1 aliphatic heterocycles. The van der Waals surface area contributed by atoms with Crippen molar-refractivity contribution in [3.05, 3.63) is 28.8 Å². The zero-order valence-corrected chi connectivity index (χ0v) is 13.8. The van der Waals surface area contributed by atoms with Crippen molar-refractivity contribution in [1.82, 2.24) is 4.90 Å². The summed E-state index contributed by atoms with van der Waals surface area (Å²) >= 11 is 6.09. The largest absolute Gasteiger partial charge is 0.496 e. The lowest BCUT2D eigenvalue weighted by Crippen LogP contribution is -2.33. The summed E-state index contributed by atoms with van der Waals surface area (Å²) in [5.41, 5.74) is 0.344. The van der Waals surface area contributed by atoms with Gasteiger partial charge in [0, 0.05) is 18.0 Å². The predicted octanol–water partition coefficient (Wildman–Crippen LogP) is 3.52. The highest BCUT2D eigenvalue weighted by Gasteiger charge is 2.31. The van der Waals surface area contributed by atoms with Crippen molar-refractivity contribution in [2.45, 2.75) is 44.6 Å². The Kier molecular flexibility index (Phi) is 5.91. The number of methoxy groups -OCH3 is 1. The van der Waals surface area contributed by atoms with Gasteiger partial charge in [0.25, 0.3) is 0 Å². The third kappa shape index (κ3) is 4.60. The number of benzene rings is 1. The smallest absolute Gasteiger partial charge is 0.122 e. The molecule has 118 valence electrons. The highest BCUT2D eigenvalue weighted by Crippen LogP contribution is 2.31. The molecule has 0 amide bonds. The Labute approximate surface area is 132 Å². The van der Waals surface area contributed by atoms with Gasteiger partial charge in [0.15, 0.2) is 0 Å². The molecule has 1 aromatic rings. The first-order chi connectivity index (χ1) is 10.1. The number of hydrogen-bond acceptors (Lipinski definition) is 3. The average molecular weight is 312 g/mol. The molecule has 0 aliphatic carbocycles. The van der Waals surface area contributed by atoms with Crippen LogP contribution in [0.4, 0.5) is 0 Å². The second-order valence-corrected chi connectivity index (χ2v) is 6.49. The second kappa shape index (κ2) is 7.48. The maximum absolute atomic E-state index is 11.0. The molecule has 1 aliphatic rings. The Morgan fingerprint density at radius 2 is 2.14 bits per heavy atom. The zero-order chi connectivity index (χ0) is 15.3. The van der Waals surface area contributed by atoms with Crippen LogP contribution in [0.3, 0.4) is 0 Å². The van der Waals surface area contributed by atoms with Crippen LogP contribution in [0, 0.1) is 0 Å². The van der Waals surface area contributed by atoms with Crippen LogP contribution >= 0.6 is 11.6 Å². The van der Waals surface area contributed by atoms with Crippen molar-refractivity contribution < 1.29 is 9.84 Å². The van der Waals surface area contributed by atoms with E-state index in [4.69, 9.17) is 16.3 Å². The fourth-order valence-electron chi connectivity index (χ4n) is 3.19. The number of hydrogen-bond donors (Lipinski definition) is 1. The molecule has 0 bridgehead atoms. The van der Waals surface area contributed by atoms with Crippen molar-refractivity contribution in [3.8, 4) is 5.75 Å². The molecule has 4 heteroatoms. The van der Waals surface area contributed by atoms with Gasteiger partial charge in [0.05, 0.1) is 12.7 Å². The summed E-state index contributed by atoms with van der Waals surface area (Å²) < 4.78 is 5.40. The Morgan fingerprint density at radius 1 is 1.33 bits per heavy atom. The topological polar surface area (TPSA) is 32.7 Å². The van der Waals surface area contributed by atoms with Gasteiger partial charge >= 0.3 is 0 Å². The Bertz CT molecular complexity index is 466. The van der Waals surface area contributed by atoms with Crippen LogP contribution in [0.1, 0.15) is 38.2 Å². The van der Waals surface area contributed by atoms with Crippen LogP contribution in [0.25, 0.3) is 0 Å². The van der Waals surface area contributed by atoms with E-state index in [1.54, 1.807) is 7.11 Å². The lowest BCUT2D eigenvalue weighted by molar-refractivity contribution is 0.0252. The molecule has 0 saturated carbocycles. The van der Waals surface area contributed by atoms with Crippen molar-refractivity contribution in [2.75, 3.05) is 26.7 Å². The molecule has 1 saturated heterocycles. The molecule has 2 rings (SSSR count). The van der Waals surface area contributed by atoms with E-state index in [0.717, 1.165) is 50.2 Å². The van der Waals surface area contributed by atoms with Gasteiger partial charge in [-0.1, -0.05) is 18.5 Å². The molecule has 0 spiro atoms. The SMILES string of the molecule is CCCN1CCCC(O)(Cc2cc(Cl)ccc2OC)CC1. The number of nitrogens with zero attached hydrogens (tertiary/aromatic N) is 1. The summed E-state index contributed by atoms with van der Waals surface area (Å²) in [6.07, 6.45) is 4.46. The fourth-order valence-corrected chi connectivity index (χ4v) is 3.39. The molecular weight excluding hydrogens is 286 g/mol. The predicted molar refractivity (Wildman–Crippen MR) is 87.2 cm³/mol. The molecule has 1 unspecified atom stereocenters. The number of ether oxygens (including phenoxy) is 1. The van der Waals surface area contributed by atoms with Gasteiger partial charge in [-0.15, -0.1) is 0 Å². The molecule has 3 nitrogen and oxygen atoms in total. The summed E-state index contributed by atoms with van der Waals surface area (Å²) in [4.78, 5) is 2.45. The van der Waals surface area contributed by atoms with Crippen LogP contribution in [-0.2, 0) is 6.42 Å². The van der Waals surface area contributed by atoms with Crippen molar-refractivity contribution >= 4 is 11.6 Å². The molecule has 0 aromatic heterocycles. The molecule has 1 heterocycles. The van der Waals surface area contributed by atoms with Crippen LogP contribution in [0.15, 0.2) is 18.2 Å². The summed E-state index contributed by atoms with van der Waals surface area (Å²) in [6.45, 7) is 5.38. The summed E-state index contributed by atoms with van der Waals surface area (Å²) in [6, 6.07) is 5.61. The van der Waals surface area contributed by atoms with Gasteiger partial charge in [-0.2, -0.15) is 0 Å². The van der Waals surface area contributed by atoms with Gasteiger partial charge < -0.3 is 14.7 Å². The Morgan fingerprint density at radius 3 is 2.86 bits per heavy atom. The minimum Gasteiger partial charge on any atom is -0.496 e. The van der Waals surface area contributed by atoms with Gasteiger partial charge in [-0.3, -0.25) is 0 Å². The van der Waals surface area contributed by atoms with E-state index in [1.165, 1.54) is 6.42 Å². The molecule has 21 heavy (non-hydrogen) atoms. The molecule has 1 fully saturated rings. The average Bonchev–Trinajstić information content (AvgIpc) is 2.62. The van der Waals surface area contributed by atoms with Crippen molar-refractivity contribution in [3.63, 3.8) is 0 Å². The molecule has 0 radical (unpaired) electrons. The van der Waals surface area contributed by atoms with E-state index in [1.807, 2.05) is 18.2 Å². The van der Waals surface area contributed by atoms with E-state index in [0.29, 0.717) is 11.4 Å². The van der Waals surface area contributed by atoms with E-state index < -0.39 is 5.60 Å². The third-order valence-electron chi connectivity index (χ3n) is 4.31. The van der Waals surface area contributed by atoms with Crippen LogP contribution < -0.4 is 4.74 Å². The molecular formula is C17H26ClNO2. The maximum Gasteiger partial charge on any atom is 0.122 e. The monoisotopic (exact) mass is 311 g/mol. The third-order valence-corrected chi connectivity index (χ3v) is 4.55. The van der Waals surface area contributed by atoms with Crippen LogP contribution in [0.5, 0.6) is 5.75 Å². The summed E-state index contributed by atoms with van der Waals surface area (Å²) in [5, 5.41) is 11.7. The minimum absolute atomic E-state index is 0.608. The quantitative estimate of drug-likeness (QED) is 0.903. The molecule has 1 atom stereocenters. The Hall–Kier alpha value is -0.770. The van der Waals surface area contributed by atoms with Crippen molar-refractivity contribution in [1.29, 1.82) is 0 Å². The van der Waals surface area contributed by atoms with Crippen LogP contribution in [0.2, 0.25) is 5.02 Å². The van der Waals surface area contributed by atoms with E-state index >= 15 is 0 Å².